The summed E-state index contributed by atoms with van der Waals surface area (Å²) in [6, 6.07) is 15.0. The molecule has 0 fully saturated rings. The smallest absolute Gasteiger partial charge is 0.407 e. The third kappa shape index (κ3) is 5.08. The second-order valence-corrected chi connectivity index (χ2v) is 8.57. The molecule has 4 rings (SSSR count). The number of aromatic nitrogens is 1. The maximum absolute atomic E-state index is 12.6. The van der Waals surface area contributed by atoms with Crippen molar-refractivity contribution in [2.75, 3.05) is 20.3 Å². The van der Waals surface area contributed by atoms with Gasteiger partial charge in [0.2, 0.25) is 5.91 Å². The van der Waals surface area contributed by atoms with E-state index in [2.05, 4.69) is 27.8 Å². The van der Waals surface area contributed by atoms with Gasteiger partial charge in [0.15, 0.2) is 5.69 Å². The molecule has 3 aromatic rings. The van der Waals surface area contributed by atoms with Crippen LogP contribution in [-0.4, -0.2) is 54.4 Å². The van der Waals surface area contributed by atoms with Gasteiger partial charge in [-0.15, -0.1) is 11.3 Å². The first-order valence-corrected chi connectivity index (χ1v) is 11.4. The van der Waals surface area contributed by atoms with Gasteiger partial charge in [-0.05, 0) is 22.3 Å². The first kappa shape index (κ1) is 23.4. The molecule has 176 valence electrons. The van der Waals surface area contributed by atoms with Gasteiger partial charge in [0.1, 0.15) is 17.7 Å². The minimum absolute atomic E-state index is 0.0311. The van der Waals surface area contributed by atoms with Crippen molar-refractivity contribution >= 4 is 29.3 Å². The van der Waals surface area contributed by atoms with Crippen LogP contribution in [0.5, 0.6) is 0 Å². The molecule has 2 amide bonds. The summed E-state index contributed by atoms with van der Waals surface area (Å²) < 4.78 is 10.6. The van der Waals surface area contributed by atoms with Crippen LogP contribution in [0.2, 0.25) is 0 Å². The molecular weight excluding hydrogens is 458 g/mol. The van der Waals surface area contributed by atoms with E-state index >= 15 is 0 Å². The minimum atomic E-state index is -1.14. The Bertz CT molecular complexity index is 1170. The fourth-order valence-electron chi connectivity index (χ4n) is 3.91. The van der Waals surface area contributed by atoms with Gasteiger partial charge in [0.25, 0.3) is 0 Å². The molecule has 10 heteroatoms. The van der Waals surface area contributed by atoms with Crippen molar-refractivity contribution in [3.63, 3.8) is 0 Å². The van der Waals surface area contributed by atoms with Crippen molar-refractivity contribution in [1.82, 2.24) is 15.6 Å². The Morgan fingerprint density at radius 1 is 1.09 bits per heavy atom. The molecule has 2 aromatic carbocycles. The Balaban J connectivity index is 1.35. The lowest BCUT2D eigenvalue weighted by molar-refractivity contribution is -0.124. The lowest BCUT2D eigenvalue weighted by Crippen LogP contribution is -2.49. The number of hydrogen-bond acceptors (Lipinski definition) is 7. The number of thiazole rings is 1. The molecule has 9 nitrogen and oxygen atoms in total. The average molecular weight is 482 g/mol. The first-order valence-electron chi connectivity index (χ1n) is 10.5. The topological polar surface area (TPSA) is 127 Å². The van der Waals surface area contributed by atoms with E-state index in [0.717, 1.165) is 33.6 Å². The van der Waals surface area contributed by atoms with Crippen molar-refractivity contribution in [1.29, 1.82) is 0 Å². The van der Waals surface area contributed by atoms with E-state index in [9.17, 15) is 14.4 Å². The van der Waals surface area contributed by atoms with E-state index in [1.807, 2.05) is 36.4 Å². The number of hydrogen-bond donors (Lipinski definition) is 3. The molecule has 0 saturated carbocycles. The summed E-state index contributed by atoms with van der Waals surface area (Å²) in [6.45, 7) is 0.0932. The molecule has 0 spiro atoms. The fourth-order valence-corrected chi connectivity index (χ4v) is 4.62. The summed E-state index contributed by atoms with van der Waals surface area (Å²) in [5.74, 6) is -1.73. The van der Waals surface area contributed by atoms with Gasteiger partial charge in [-0.2, -0.15) is 0 Å². The zero-order chi connectivity index (χ0) is 24.1. The highest BCUT2D eigenvalue weighted by Gasteiger charge is 2.29. The average Bonchev–Trinajstić information content (AvgIpc) is 3.44. The van der Waals surface area contributed by atoms with Crippen LogP contribution in [0.4, 0.5) is 4.79 Å². The molecule has 1 heterocycles. The van der Waals surface area contributed by atoms with E-state index < -0.39 is 24.0 Å². The van der Waals surface area contributed by atoms with Crippen LogP contribution in [0.3, 0.4) is 0 Å². The molecule has 0 aliphatic heterocycles. The third-order valence-electron chi connectivity index (χ3n) is 5.47. The molecule has 3 N–H and O–H groups in total. The van der Waals surface area contributed by atoms with Crippen molar-refractivity contribution in [2.24, 2.45) is 0 Å². The van der Waals surface area contributed by atoms with E-state index in [4.69, 9.17) is 14.6 Å². The number of rotatable bonds is 9. The van der Waals surface area contributed by atoms with Crippen LogP contribution < -0.4 is 10.6 Å². The third-order valence-corrected chi connectivity index (χ3v) is 6.32. The maximum Gasteiger partial charge on any atom is 0.407 e. The molecule has 0 radical (unpaired) electrons. The summed E-state index contributed by atoms with van der Waals surface area (Å²) in [7, 11) is 1.42. The summed E-state index contributed by atoms with van der Waals surface area (Å²) in [5, 5.41) is 15.9. The Morgan fingerprint density at radius 2 is 1.74 bits per heavy atom. The standard InChI is InChI=1S/C24H23N3O6S/c1-32-12-19(22(28)25-10-21-26-20(13-34-21)23(29)30)27-24(31)33-11-18-16-8-4-2-6-14(16)15-7-3-5-9-17(15)18/h2-9,13,18-19H,10-12H2,1H3,(H,25,28)(H,27,31)(H,29,30)/t19-/m0/s1. The Morgan fingerprint density at radius 3 is 2.32 bits per heavy atom. The van der Waals surface area contributed by atoms with Crippen LogP contribution in [-0.2, 0) is 20.8 Å². The van der Waals surface area contributed by atoms with Crippen LogP contribution in [0.25, 0.3) is 11.1 Å². The number of benzene rings is 2. The second kappa shape index (κ2) is 10.4. The van der Waals surface area contributed by atoms with Gasteiger partial charge in [0, 0.05) is 18.4 Å². The normalized spacial score (nSPS) is 13.0. The molecule has 1 aliphatic carbocycles. The van der Waals surface area contributed by atoms with Crippen molar-refractivity contribution in [3.05, 3.63) is 75.7 Å². The number of carboxylic acid groups (broad SMARTS) is 1. The van der Waals surface area contributed by atoms with Crippen LogP contribution >= 0.6 is 11.3 Å². The lowest BCUT2D eigenvalue weighted by atomic mass is 9.98. The van der Waals surface area contributed by atoms with E-state index in [-0.39, 0.29) is 31.4 Å². The molecule has 0 unspecified atom stereocenters. The van der Waals surface area contributed by atoms with Crippen LogP contribution in [0, 0.1) is 0 Å². The van der Waals surface area contributed by atoms with Gasteiger partial charge >= 0.3 is 12.1 Å². The number of carbonyl (C=O) groups excluding carboxylic acids is 2. The highest BCUT2D eigenvalue weighted by atomic mass is 32.1. The van der Waals surface area contributed by atoms with Crippen LogP contribution in [0.15, 0.2) is 53.9 Å². The molecular formula is C24H23N3O6S. The monoisotopic (exact) mass is 481 g/mol. The summed E-state index contributed by atoms with van der Waals surface area (Å²) in [5.41, 5.74) is 4.34. The number of amides is 2. The van der Waals surface area contributed by atoms with E-state index in [1.54, 1.807) is 0 Å². The number of aromatic carboxylic acids is 1. The van der Waals surface area contributed by atoms with Gasteiger partial charge < -0.3 is 25.2 Å². The number of methoxy groups -OCH3 is 1. The molecule has 1 atom stereocenters. The maximum atomic E-state index is 12.6. The van der Waals surface area contributed by atoms with E-state index in [1.165, 1.54) is 12.5 Å². The largest absolute Gasteiger partial charge is 0.476 e. The quantitative estimate of drug-likeness (QED) is 0.429. The van der Waals surface area contributed by atoms with Crippen molar-refractivity contribution in [3.8, 4) is 11.1 Å². The van der Waals surface area contributed by atoms with Gasteiger partial charge in [-0.1, -0.05) is 48.5 Å². The first-order chi connectivity index (χ1) is 16.5. The molecule has 34 heavy (non-hydrogen) atoms. The number of alkyl carbamates (subject to hydrolysis) is 1. The summed E-state index contributed by atoms with van der Waals surface area (Å²) in [6.07, 6.45) is -0.735. The Kier molecular flexibility index (Phi) is 7.19. The predicted octanol–water partition coefficient (Wildman–Crippen LogP) is 3.01. The number of carbonyl (C=O) groups is 3. The summed E-state index contributed by atoms with van der Waals surface area (Å²) in [4.78, 5) is 39.9. The minimum Gasteiger partial charge on any atom is -0.476 e. The lowest BCUT2D eigenvalue weighted by Gasteiger charge is -2.19. The number of nitrogens with zero attached hydrogens (tertiary/aromatic N) is 1. The predicted molar refractivity (Wildman–Crippen MR) is 125 cm³/mol. The number of ether oxygens (including phenoxy) is 2. The fraction of sp³-hybridized carbons (Fsp3) is 0.250. The van der Waals surface area contributed by atoms with Crippen LogP contribution in [0.1, 0.15) is 32.5 Å². The Hall–Kier alpha value is -3.76. The highest BCUT2D eigenvalue weighted by Crippen LogP contribution is 2.44. The number of carboxylic acids is 1. The van der Waals surface area contributed by atoms with Crippen molar-refractivity contribution in [2.45, 2.75) is 18.5 Å². The van der Waals surface area contributed by atoms with Crippen molar-refractivity contribution < 1.29 is 29.0 Å². The van der Waals surface area contributed by atoms with E-state index in [0.29, 0.717) is 5.01 Å². The van der Waals surface area contributed by atoms with Gasteiger partial charge in [-0.25, -0.2) is 14.6 Å². The Labute approximate surface area is 199 Å². The molecule has 1 aliphatic rings. The second-order valence-electron chi connectivity index (χ2n) is 7.63. The number of fused-ring (bicyclic) bond motifs is 3. The molecule has 1 aromatic heterocycles. The highest BCUT2D eigenvalue weighted by molar-refractivity contribution is 7.09. The summed E-state index contributed by atoms with van der Waals surface area (Å²) >= 11 is 1.12. The molecule has 0 bridgehead atoms. The molecule has 0 saturated heterocycles. The van der Waals surface area contributed by atoms with Gasteiger partial charge in [-0.3, -0.25) is 4.79 Å². The number of nitrogens with one attached hydrogen (secondary N) is 2. The zero-order valence-corrected chi connectivity index (χ0v) is 19.1. The zero-order valence-electron chi connectivity index (χ0n) is 18.3. The van der Waals surface area contributed by atoms with Gasteiger partial charge in [0.05, 0.1) is 13.2 Å². The SMILES string of the molecule is COC[C@H](NC(=O)OCC1c2ccccc2-c2ccccc21)C(=O)NCc1nc(C(=O)O)cs1.